The van der Waals surface area contributed by atoms with Crippen LogP contribution in [0.25, 0.3) is 0 Å². The van der Waals surface area contributed by atoms with Crippen molar-refractivity contribution in [3.8, 4) is 0 Å². The number of hydrogen-bond acceptors (Lipinski definition) is 1. The fourth-order valence-corrected chi connectivity index (χ4v) is 2.89. The highest BCUT2D eigenvalue weighted by molar-refractivity contribution is 5.94. The Balaban J connectivity index is 2.44. The zero-order chi connectivity index (χ0) is 17.1. The number of carbonyl (C=O) groups is 1. The van der Waals surface area contributed by atoms with Crippen LogP contribution in [-0.2, 0) is 6.54 Å². The molecule has 2 aromatic rings. The van der Waals surface area contributed by atoms with Crippen LogP contribution in [0.5, 0.6) is 0 Å². The number of nitrogens with zero attached hydrogens (tertiary/aromatic N) is 2. The molecule has 2 rings (SSSR count). The molecular weight excluding hydrogens is 291 g/mol. The predicted octanol–water partition coefficient (Wildman–Crippen LogP) is 4.08. The topological polar surface area (TPSA) is 25.2 Å². The maximum absolute atomic E-state index is 13.1. The van der Waals surface area contributed by atoms with Gasteiger partial charge in [-0.3, -0.25) is 4.79 Å². The Morgan fingerprint density at radius 3 is 2.30 bits per heavy atom. The molecule has 124 valence electrons. The maximum atomic E-state index is 13.1. The van der Waals surface area contributed by atoms with Gasteiger partial charge in [-0.2, -0.15) is 0 Å². The van der Waals surface area contributed by atoms with E-state index in [0.29, 0.717) is 6.54 Å². The fraction of sp³-hybridized carbons (Fsp3) is 0.421. The van der Waals surface area contributed by atoms with Gasteiger partial charge < -0.3 is 9.47 Å². The van der Waals surface area contributed by atoms with E-state index in [1.807, 2.05) is 32.4 Å². The van der Waals surface area contributed by atoms with Crippen molar-refractivity contribution in [3.63, 3.8) is 0 Å². The van der Waals surface area contributed by atoms with Gasteiger partial charge in [0.1, 0.15) is 11.5 Å². The molecule has 23 heavy (non-hydrogen) atoms. The van der Waals surface area contributed by atoms with E-state index >= 15 is 0 Å². The standard InChI is InChI=1S/C19H25FN2O/c1-6-11-21(5)19(23)18-14(3)13(2)15(4)22(18)12-16-7-9-17(20)10-8-16/h7-10H,6,11-12H2,1-5H3. The van der Waals surface area contributed by atoms with Gasteiger partial charge in [0.25, 0.3) is 5.91 Å². The highest BCUT2D eigenvalue weighted by Gasteiger charge is 2.23. The molecule has 1 aromatic heterocycles. The third kappa shape index (κ3) is 3.46. The molecular formula is C19H25FN2O. The molecule has 0 atom stereocenters. The number of amides is 1. The first kappa shape index (κ1) is 17.3. The van der Waals surface area contributed by atoms with Crippen molar-refractivity contribution in [1.29, 1.82) is 0 Å². The summed E-state index contributed by atoms with van der Waals surface area (Å²) in [5.74, 6) is -0.202. The summed E-state index contributed by atoms with van der Waals surface area (Å²) in [4.78, 5) is 14.6. The molecule has 0 unspecified atom stereocenters. The number of benzene rings is 1. The summed E-state index contributed by atoms with van der Waals surface area (Å²) >= 11 is 0. The van der Waals surface area contributed by atoms with Crippen LogP contribution >= 0.6 is 0 Å². The number of rotatable bonds is 5. The van der Waals surface area contributed by atoms with Crippen molar-refractivity contribution >= 4 is 5.91 Å². The molecule has 0 aliphatic heterocycles. The smallest absolute Gasteiger partial charge is 0.270 e. The monoisotopic (exact) mass is 316 g/mol. The van der Waals surface area contributed by atoms with Crippen molar-refractivity contribution < 1.29 is 9.18 Å². The van der Waals surface area contributed by atoms with E-state index in [2.05, 4.69) is 6.92 Å². The number of hydrogen-bond donors (Lipinski definition) is 0. The molecule has 0 saturated carbocycles. The lowest BCUT2D eigenvalue weighted by molar-refractivity contribution is 0.0784. The lowest BCUT2D eigenvalue weighted by Crippen LogP contribution is -2.30. The number of halogens is 1. The largest absolute Gasteiger partial charge is 0.340 e. The second-order valence-electron chi connectivity index (χ2n) is 6.12. The molecule has 1 aromatic carbocycles. The van der Waals surface area contributed by atoms with Crippen molar-refractivity contribution in [1.82, 2.24) is 9.47 Å². The molecule has 0 spiro atoms. The third-order valence-corrected chi connectivity index (χ3v) is 4.50. The maximum Gasteiger partial charge on any atom is 0.270 e. The number of carbonyl (C=O) groups excluding carboxylic acids is 1. The van der Waals surface area contributed by atoms with E-state index in [-0.39, 0.29) is 11.7 Å². The minimum atomic E-state index is -0.246. The van der Waals surface area contributed by atoms with Gasteiger partial charge in [0.2, 0.25) is 0 Å². The van der Waals surface area contributed by atoms with E-state index in [1.54, 1.807) is 17.0 Å². The Bertz CT molecular complexity index is 701. The van der Waals surface area contributed by atoms with E-state index in [4.69, 9.17) is 0 Å². The van der Waals surface area contributed by atoms with Crippen LogP contribution in [-0.4, -0.2) is 29.0 Å². The molecule has 3 nitrogen and oxygen atoms in total. The summed E-state index contributed by atoms with van der Waals surface area (Å²) in [6.07, 6.45) is 0.928. The van der Waals surface area contributed by atoms with Crippen molar-refractivity contribution in [2.24, 2.45) is 0 Å². The third-order valence-electron chi connectivity index (χ3n) is 4.50. The van der Waals surface area contributed by atoms with E-state index in [0.717, 1.165) is 41.0 Å². The second-order valence-corrected chi connectivity index (χ2v) is 6.12. The van der Waals surface area contributed by atoms with Crippen LogP contribution in [0.1, 0.15) is 46.2 Å². The second kappa shape index (κ2) is 6.99. The quantitative estimate of drug-likeness (QED) is 0.816. The minimum absolute atomic E-state index is 0.0441. The van der Waals surface area contributed by atoms with Gasteiger partial charge in [0.05, 0.1) is 0 Å². The summed E-state index contributed by atoms with van der Waals surface area (Å²) in [6.45, 7) is 9.44. The van der Waals surface area contributed by atoms with Crippen molar-refractivity contribution in [3.05, 3.63) is 58.2 Å². The summed E-state index contributed by atoms with van der Waals surface area (Å²) in [6, 6.07) is 6.45. The van der Waals surface area contributed by atoms with E-state index in [9.17, 15) is 9.18 Å². The Labute approximate surface area is 137 Å². The van der Waals surface area contributed by atoms with Gasteiger partial charge >= 0.3 is 0 Å². The molecule has 0 radical (unpaired) electrons. The zero-order valence-corrected chi connectivity index (χ0v) is 14.6. The van der Waals surface area contributed by atoms with Crippen LogP contribution in [0.4, 0.5) is 4.39 Å². The van der Waals surface area contributed by atoms with E-state index in [1.165, 1.54) is 12.1 Å². The predicted molar refractivity (Wildman–Crippen MR) is 91.4 cm³/mol. The highest BCUT2D eigenvalue weighted by Crippen LogP contribution is 2.24. The van der Waals surface area contributed by atoms with Crippen molar-refractivity contribution in [2.45, 2.75) is 40.7 Å². The Hall–Kier alpha value is -2.10. The van der Waals surface area contributed by atoms with Crippen LogP contribution in [0.15, 0.2) is 24.3 Å². The zero-order valence-electron chi connectivity index (χ0n) is 14.6. The molecule has 0 aliphatic rings. The lowest BCUT2D eigenvalue weighted by Gasteiger charge is -2.19. The normalized spacial score (nSPS) is 10.9. The molecule has 0 aliphatic carbocycles. The first-order valence-corrected chi connectivity index (χ1v) is 8.03. The van der Waals surface area contributed by atoms with Gasteiger partial charge in [-0.25, -0.2) is 4.39 Å². The molecule has 4 heteroatoms. The van der Waals surface area contributed by atoms with Gasteiger partial charge in [0.15, 0.2) is 0 Å². The molecule has 1 heterocycles. The van der Waals surface area contributed by atoms with Gasteiger partial charge in [-0.1, -0.05) is 19.1 Å². The van der Waals surface area contributed by atoms with Gasteiger partial charge in [-0.05, 0) is 56.0 Å². The Morgan fingerprint density at radius 2 is 1.74 bits per heavy atom. The molecule has 1 amide bonds. The van der Waals surface area contributed by atoms with Crippen LogP contribution in [0.2, 0.25) is 0 Å². The summed E-state index contributed by atoms with van der Waals surface area (Å²) in [5, 5.41) is 0. The Morgan fingerprint density at radius 1 is 1.13 bits per heavy atom. The number of aromatic nitrogens is 1. The van der Waals surface area contributed by atoms with Crippen LogP contribution < -0.4 is 0 Å². The SMILES string of the molecule is CCCN(C)C(=O)c1c(C)c(C)c(C)n1Cc1ccc(F)cc1. The van der Waals surface area contributed by atoms with Gasteiger partial charge in [0, 0.05) is 25.8 Å². The summed E-state index contributed by atoms with van der Waals surface area (Å²) in [5.41, 5.74) is 4.97. The molecule has 0 bridgehead atoms. The highest BCUT2D eigenvalue weighted by atomic mass is 19.1. The molecule has 0 N–H and O–H groups in total. The van der Waals surface area contributed by atoms with Crippen LogP contribution in [0.3, 0.4) is 0 Å². The molecule has 0 saturated heterocycles. The molecule has 0 fully saturated rings. The summed E-state index contributed by atoms with van der Waals surface area (Å²) < 4.78 is 15.2. The minimum Gasteiger partial charge on any atom is -0.340 e. The average Bonchev–Trinajstić information content (AvgIpc) is 2.73. The van der Waals surface area contributed by atoms with Crippen LogP contribution in [0, 0.1) is 26.6 Å². The van der Waals surface area contributed by atoms with Crippen molar-refractivity contribution in [2.75, 3.05) is 13.6 Å². The summed E-state index contributed by atoms with van der Waals surface area (Å²) in [7, 11) is 1.84. The first-order valence-electron chi connectivity index (χ1n) is 8.03. The van der Waals surface area contributed by atoms with Gasteiger partial charge in [-0.15, -0.1) is 0 Å². The average molecular weight is 316 g/mol. The fourth-order valence-electron chi connectivity index (χ4n) is 2.89. The lowest BCUT2D eigenvalue weighted by atomic mass is 10.1. The first-order chi connectivity index (χ1) is 10.9. The Kier molecular flexibility index (Phi) is 5.24. The van der Waals surface area contributed by atoms with E-state index < -0.39 is 0 Å².